The van der Waals surface area contributed by atoms with Gasteiger partial charge in [-0.3, -0.25) is 19.3 Å². The van der Waals surface area contributed by atoms with Crippen LogP contribution in [-0.2, 0) is 14.3 Å². The quantitative estimate of drug-likeness (QED) is 0.222. The summed E-state index contributed by atoms with van der Waals surface area (Å²) in [6, 6.07) is 11.7. The van der Waals surface area contributed by atoms with Crippen molar-refractivity contribution >= 4 is 61.1 Å². The molecule has 1 saturated carbocycles. The van der Waals surface area contributed by atoms with Crippen molar-refractivity contribution in [1.82, 2.24) is 0 Å². The first-order valence-electron chi connectivity index (χ1n) is 10.7. The van der Waals surface area contributed by atoms with Crippen LogP contribution in [0.4, 0.5) is 5.69 Å². The molecule has 0 aromatic heterocycles. The van der Waals surface area contributed by atoms with E-state index in [-0.39, 0.29) is 51.3 Å². The molecule has 2 fully saturated rings. The van der Waals surface area contributed by atoms with Gasteiger partial charge in [0.05, 0.1) is 23.1 Å². The zero-order valence-electron chi connectivity index (χ0n) is 18.2. The van der Waals surface area contributed by atoms with Crippen molar-refractivity contribution in [2.75, 3.05) is 11.5 Å². The predicted octanol–water partition coefficient (Wildman–Crippen LogP) is 4.77. The number of fused-ring (bicyclic) bond motifs is 1. The number of esters is 1. The third-order valence-electron chi connectivity index (χ3n) is 6.30. The lowest BCUT2D eigenvalue weighted by molar-refractivity contribution is -0.122. The number of halogens is 2. The number of ether oxygens (including phenoxy) is 1. The molecule has 2 aromatic rings. The maximum absolute atomic E-state index is 12.9. The second-order valence-electron chi connectivity index (χ2n) is 8.59. The van der Waals surface area contributed by atoms with Crippen molar-refractivity contribution in [2.24, 2.45) is 11.8 Å². The monoisotopic (exact) mass is 575 g/mol. The summed E-state index contributed by atoms with van der Waals surface area (Å²) in [6.45, 7) is 3.37. The van der Waals surface area contributed by atoms with E-state index < -0.39 is 5.97 Å². The van der Waals surface area contributed by atoms with Gasteiger partial charge in [-0.2, -0.15) is 0 Å². The summed E-state index contributed by atoms with van der Waals surface area (Å²) < 4.78 is 5.20. The molecule has 1 saturated heterocycles. The van der Waals surface area contributed by atoms with Crippen LogP contribution in [0.2, 0.25) is 0 Å². The third kappa shape index (κ3) is 4.68. The number of alkyl halides is 2. The van der Waals surface area contributed by atoms with E-state index in [0.717, 1.165) is 11.1 Å². The molecule has 0 bridgehead atoms. The molecule has 0 N–H and O–H groups in total. The molecule has 0 unspecified atom stereocenters. The molecule has 2 aromatic carbocycles. The van der Waals surface area contributed by atoms with Crippen LogP contribution >= 0.6 is 31.9 Å². The lowest BCUT2D eigenvalue weighted by Gasteiger charge is -2.29. The number of anilines is 1. The zero-order valence-corrected chi connectivity index (χ0v) is 21.4. The van der Waals surface area contributed by atoms with Gasteiger partial charge in [0.1, 0.15) is 0 Å². The van der Waals surface area contributed by atoms with E-state index in [9.17, 15) is 19.2 Å². The number of hydrogen-bond donors (Lipinski definition) is 0. The Morgan fingerprint density at radius 1 is 0.939 bits per heavy atom. The maximum Gasteiger partial charge on any atom is 0.338 e. The smallest absolute Gasteiger partial charge is 0.338 e. The van der Waals surface area contributed by atoms with Gasteiger partial charge in [0.2, 0.25) is 17.6 Å². The number of benzene rings is 2. The van der Waals surface area contributed by atoms with E-state index in [2.05, 4.69) is 31.9 Å². The summed E-state index contributed by atoms with van der Waals surface area (Å²) in [4.78, 5) is 52.2. The molecule has 6 nitrogen and oxygen atoms in total. The number of ketones is 1. The van der Waals surface area contributed by atoms with Gasteiger partial charge in [-0.05, 0) is 62.6 Å². The summed E-state index contributed by atoms with van der Waals surface area (Å²) >= 11 is 7.16. The predicted molar refractivity (Wildman–Crippen MR) is 131 cm³/mol. The number of aryl methyl sites for hydroxylation is 2. The number of imide groups is 1. The molecule has 4 rings (SSSR count). The Bertz CT molecular complexity index is 1100. The largest absolute Gasteiger partial charge is 0.454 e. The van der Waals surface area contributed by atoms with Crippen molar-refractivity contribution in [3.8, 4) is 0 Å². The van der Waals surface area contributed by atoms with Crippen molar-refractivity contribution in [3.63, 3.8) is 0 Å². The van der Waals surface area contributed by atoms with Crippen LogP contribution in [-0.4, -0.2) is 39.8 Å². The molecule has 1 aliphatic heterocycles. The Balaban J connectivity index is 1.42. The van der Waals surface area contributed by atoms with Crippen LogP contribution in [0, 0.1) is 25.7 Å². The van der Waals surface area contributed by atoms with E-state index in [1.54, 1.807) is 18.2 Å². The zero-order chi connectivity index (χ0) is 23.9. The Kier molecular flexibility index (Phi) is 6.86. The van der Waals surface area contributed by atoms with E-state index in [1.807, 2.05) is 26.0 Å². The van der Waals surface area contributed by atoms with Gasteiger partial charge in [-0.25, -0.2) is 4.79 Å². The van der Waals surface area contributed by atoms with Crippen molar-refractivity contribution in [3.05, 3.63) is 64.7 Å². The Morgan fingerprint density at radius 3 is 2.09 bits per heavy atom. The lowest BCUT2D eigenvalue weighted by atomic mass is 9.81. The van der Waals surface area contributed by atoms with Crippen LogP contribution in [0.25, 0.3) is 0 Å². The average molecular weight is 577 g/mol. The van der Waals surface area contributed by atoms with Gasteiger partial charge in [-0.15, -0.1) is 0 Å². The van der Waals surface area contributed by atoms with Gasteiger partial charge in [0.25, 0.3) is 0 Å². The van der Waals surface area contributed by atoms with Crippen LogP contribution in [0.15, 0.2) is 42.5 Å². The minimum absolute atomic E-state index is 0.138. The molecule has 4 atom stereocenters. The minimum Gasteiger partial charge on any atom is -0.454 e. The number of carbonyl (C=O) groups excluding carboxylic acids is 4. The van der Waals surface area contributed by atoms with E-state index in [1.165, 1.54) is 17.0 Å². The van der Waals surface area contributed by atoms with Crippen LogP contribution in [0.5, 0.6) is 0 Å². The van der Waals surface area contributed by atoms with E-state index in [0.29, 0.717) is 24.1 Å². The van der Waals surface area contributed by atoms with Crippen LogP contribution in [0.1, 0.15) is 44.7 Å². The highest BCUT2D eigenvalue weighted by Gasteiger charge is 2.52. The molecule has 8 heteroatoms. The highest BCUT2D eigenvalue weighted by Crippen LogP contribution is 2.44. The number of nitrogens with zero attached hydrogens (tertiary/aromatic N) is 1. The fourth-order valence-electron chi connectivity index (χ4n) is 4.42. The average Bonchev–Trinajstić information content (AvgIpc) is 3.03. The molecule has 1 aliphatic carbocycles. The van der Waals surface area contributed by atoms with Crippen LogP contribution in [0.3, 0.4) is 0 Å². The highest BCUT2D eigenvalue weighted by molar-refractivity contribution is 9.12. The molecule has 0 radical (unpaired) electrons. The molecule has 0 spiro atoms. The molecule has 33 heavy (non-hydrogen) atoms. The lowest BCUT2D eigenvalue weighted by Crippen LogP contribution is -2.34. The molecular formula is C25H23Br2NO5. The minimum atomic E-state index is -0.641. The third-order valence-corrected chi connectivity index (χ3v) is 9.03. The molecule has 172 valence electrons. The summed E-state index contributed by atoms with van der Waals surface area (Å²) in [5.74, 6) is -2.00. The molecular weight excluding hydrogens is 554 g/mol. The van der Waals surface area contributed by atoms with Crippen molar-refractivity contribution in [1.29, 1.82) is 0 Å². The van der Waals surface area contributed by atoms with Gasteiger partial charge in [-0.1, -0.05) is 49.6 Å². The number of hydrogen-bond acceptors (Lipinski definition) is 5. The maximum atomic E-state index is 12.9. The van der Waals surface area contributed by atoms with Crippen LogP contribution < -0.4 is 4.90 Å². The second-order valence-corrected chi connectivity index (χ2v) is 10.9. The number of Topliss-reactive ketones (excluding diaryl/α,β-unsaturated/α-hetero) is 1. The van der Waals surface area contributed by atoms with Crippen molar-refractivity contribution in [2.45, 2.75) is 36.3 Å². The van der Waals surface area contributed by atoms with Gasteiger partial charge >= 0.3 is 5.97 Å². The number of carbonyl (C=O) groups is 4. The standard InChI is InChI=1S/C25H23Br2NO5/c1-13-3-4-14(2)17(9-13)22(29)12-33-25(32)15-5-7-16(8-6-15)28-23(30)18-10-20(26)21(27)11-19(18)24(28)31/h3-9,18-21H,10-12H2,1-2H3/t18-,19+,20-,21-/m1/s1. The van der Waals surface area contributed by atoms with Gasteiger partial charge < -0.3 is 4.74 Å². The first-order valence-corrected chi connectivity index (χ1v) is 12.5. The SMILES string of the molecule is Cc1ccc(C)c(C(=O)COC(=O)c2ccc(N3C(=O)[C@H]4C[C@@H](Br)[C@H](Br)C[C@H]4C3=O)cc2)c1. The Labute approximate surface area is 208 Å². The van der Waals surface area contributed by atoms with Gasteiger partial charge in [0.15, 0.2) is 6.61 Å². The Hall–Kier alpha value is -2.32. The van der Waals surface area contributed by atoms with E-state index in [4.69, 9.17) is 4.74 Å². The van der Waals surface area contributed by atoms with Gasteiger partial charge in [0, 0.05) is 15.2 Å². The first-order chi connectivity index (χ1) is 15.7. The molecule has 2 amide bonds. The highest BCUT2D eigenvalue weighted by atomic mass is 79.9. The molecule has 1 heterocycles. The number of rotatable bonds is 5. The normalized spacial score (nSPS) is 24.5. The fraction of sp³-hybridized carbons (Fsp3) is 0.360. The molecule has 2 aliphatic rings. The summed E-state index contributed by atoms with van der Waals surface area (Å²) in [5, 5.41) is 0. The fourth-order valence-corrected chi connectivity index (χ4v) is 5.66. The summed E-state index contributed by atoms with van der Waals surface area (Å²) in [5.41, 5.74) is 2.98. The summed E-state index contributed by atoms with van der Waals surface area (Å²) in [6.07, 6.45) is 1.20. The van der Waals surface area contributed by atoms with Crippen molar-refractivity contribution < 1.29 is 23.9 Å². The topological polar surface area (TPSA) is 80.8 Å². The second kappa shape index (κ2) is 9.50. The number of amides is 2. The Morgan fingerprint density at radius 2 is 1.52 bits per heavy atom. The summed E-state index contributed by atoms with van der Waals surface area (Å²) in [7, 11) is 0. The first kappa shape index (κ1) is 23.8. The van der Waals surface area contributed by atoms with E-state index >= 15 is 0 Å².